The first-order valence-corrected chi connectivity index (χ1v) is 8.59. The van der Waals surface area contributed by atoms with E-state index in [2.05, 4.69) is 0 Å². The molecule has 1 saturated heterocycles. The topological polar surface area (TPSA) is 93.1 Å². The number of likely N-dealkylation sites (N-methyl/N-ethyl adjacent to an activating group) is 1. The highest BCUT2D eigenvalue weighted by Crippen LogP contribution is 2.27. The van der Waals surface area contributed by atoms with E-state index in [-0.39, 0.29) is 17.0 Å². The molecule has 7 nitrogen and oxygen atoms in total. The molecule has 8 heteroatoms. The van der Waals surface area contributed by atoms with Crippen LogP contribution in [0.5, 0.6) is 0 Å². The summed E-state index contributed by atoms with van der Waals surface area (Å²) in [6, 6.07) is 3.98. The van der Waals surface area contributed by atoms with Crippen molar-refractivity contribution in [2.45, 2.75) is 23.8 Å². The fourth-order valence-electron chi connectivity index (χ4n) is 2.67. The molecular formula is C15H21NO6S. The van der Waals surface area contributed by atoms with Crippen LogP contribution in [0, 0.1) is 6.92 Å². The van der Waals surface area contributed by atoms with Gasteiger partial charge in [-0.2, -0.15) is 4.31 Å². The second kappa shape index (κ2) is 6.56. The minimum absolute atomic E-state index is 0.0571. The molecule has 23 heavy (non-hydrogen) atoms. The Morgan fingerprint density at radius 2 is 2.17 bits per heavy atom. The Hall–Kier alpha value is -1.48. The summed E-state index contributed by atoms with van der Waals surface area (Å²) in [7, 11) is -0.714. The van der Waals surface area contributed by atoms with Gasteiger partial charge in [0, 0.05) is 33.7 Å². The third kappa shape index (κ3) is 3.55. The summed E-state index contributed by atoms with van der Waals surface area (Å²) in [5.41, 5.74) is -0.191. The van der Waals surface area contributed by atoms with Gasteiger partial charge in [0.25, 0.3) is 0 Å². The van der Waals surface area contributed by atoms with Crippen molar-refractivity contribution in [3.05, 3.63) is 29.3 Å². The SMILES string of the molecule is COC1(CN(C)S(=O)(=O)c2ccc(C(=O)O)cc2C)CCOC1. The first kappa shape index (κ1) is 17.9. The van der Waals surface area contributed by atoms with Crippen LogP contribution in [0.15, 0.2) is 23.1 Å². The van der Waals surface area contributed by atoms with Crippen LogP contribution < -0.4 is 0 Å². The fraction of sp³-hybridized carbons (Fsp3) is 0.533. The molecule has 1 aromatic carbocycles. The molecule has 1 unspecified atom stereocenters. The van der Waals surface area contributed by atoms with E-state index in [9.17, 15) is 13.2 Å². The maximum absolute atomic E-state index is 12.8. The van der Waals surface area contributed by atoms with Crippen LogP contribution in [0.4, 0.5) is 0 Å². The first-order valence-electron chi connectivity index (χ1n) is 7.15. The molecule has 1 aliphatic heterocycles. The zero-order valence-corrected chi connectivity index (χ0v) is 14.2. The number of carboxylic acid groups (broad SMARTS) is 1. The Morgan fingerprint density at radius 1 is 1.48 bits per heavy atom. The van der Waals surface area contributed by atoms with Crippen molar-refractivity contribution >= 4 is 16.0 Å². The van der Waals surface area contributed by atoms with E-state index in [1.807, 2.05) is 0 Å². The van der Waals surface area contributed by atoms with E-state index < -0.39 is 21.6 Å². The lowest BCUT2D eigenvalue weighted by molar-refractivity contribution is -0.0255. The van der Waals surface area contributed by atoms with Crippen molar-refractivity contribution < 1.29 is 27.8 Å². The van der Waals surface area contributed by atoms with Gasteiger partial charge in [-0.3, -0.25) is 0 Å². The quantitative estimate of drug-likeness (QED) is 0.832. The Bertz CT molecular complexity index is 694. The molecule has 0 spiro atoms. The fourth-order valence-corrected chi connectivity index (χ4v) is 4.12. The van der Waals surface area contributed by atoms with E-state index in [0.29, 0.717) is 25.2 Å². The molecule has 1 fully saturated rings. The van der Waals surface area contributed by atoms with Crippen molar-refractivity contribution in [1.29, 1.82) is 0 Å². The maximum Gasteiger partial charge on any atom is 0.335 e. The number of carboxylic acids is 1. The Balaban J connectivity index is 2.29. The van der Waals surface area contributed by atoms with Crippen molar-refractivity contribution in [3.8, 4) is 0 Å². The summed E-state index contributed by atoms with van der Waals surface area (Å²) < 4.78 is 37.6. The van der Waals surface area contributed by atoms with Crippen molar-refractivity contribution in [2.24, 2.45) is 0 Å². The average Bonchev–Trinajstić information content (AvgIpc) is 2.95. The molecule has 1 heterocycles. The van der Waals surface area contributed by atoms with Gasteiger partial charge in [-0.05, 0) is 30.7 Å². The number of aryl methyl sites for hydroxylation is 1. The highest BCUT2D eigenvalue weighted by Gasteiger charge is 2.39. The van der Waals surface area contributed by atoms with Crippen molar-refractivity contribution in [2.75, 3.05) is 33.9 Å². The number of aromatic carboxylic acids is 1. The number of sulfonamides is 1. The Morgan fingerprint density at radius 3 is 2.65 bits per heavy atom. The standard InChI is InChI=1S/C15H21NO6S/c1-11-8-12(14(17)18)4-5-13(11)23(19,20)16(2)9-15(21-3)6-7-22-10-15/h4-5,8H,6-7,9-10H2,1-3H3,(H,17,18). The average molecular weight is 343 g/mol. The van der Waals surface area contributed by atoms with Gasteiger partial charge in [-0.1, -0.05) is 0 Å². The zero-order valence-electron chi connectivity index (χ0n) is 13.4. The summed E-state index contributed by atoms with van der Waals surface area (Å²) in [5.74, 6) is -1.09. The van der Waals surface area contributed by atoms with Gasteiger partial charge < -0.3 is 14.6 Å². The highest BCUT2D eigenvalue weighted by atomic mass is 32.2. The minimum atomic E-state index is -3.74. The number of benzene rings is 1. The summed E-state index contributed by atoms with van der Waals surface area (Å²) >= 11 is 0. The summed E-state index contributed by atoms with van der Waals surface area (Å²) in [5, 5.41) is 8.98. The van der Waals surface area contributed by atoms with E-state index in [1.54, 1.807) is 14.0 Å². The highest BCUT2D eigenvalue weighted by molar-refractivity contribution is 7.89. The summed E-state index contributed by atoms with van der Waals surface area (Å²) in [6.45, 7) is 2.64. The largest absolute Gasteiger partial charge is 0.478 e. The summed E-state index contributed by atoms with van der Waals surface area (Å²) in [4.78, 5) is 11.1. The number of carbonyl (C=O) groups is 1. The molecule has 0 radical (unpaired) electrons. The van der Waals surface area contributed by atoms with Gasteiger partial charge in [0.2, 0.25) is 10.0 Å². The van der Waals surface area contributed by atoms with Crippen LogP contribution in [0.3, 0.4) is 0 Å². The first-order chi connectivity index (χ1) is 10.7. The predicted molar refractivity (Wildman–Crippen MR) is 83.1 cm³/mol. The van der Waals surface area contributed by atoms with E-state index in [1.165, 1.54) is 29.6 Å². The molecule has 2 rings (SSSR count). The molecule has 1 N–H and O–H groups in total. The number of hydrogen-bond donors (Lipinski definition) is 1. The van der Waals surface area contributed by atoms with E-state index >= 15 is 0 Å². The van der Waals surface area contributed by atoms with E-state index in [4.69, 9.17) is 14.6 Å². The maximum atomic E-state index is 12.8. The third-order valence-electron chi connectivity index (χ3n) is 4.12. The lowest BCUT2D eigenvalue weighted by Crippen LogP contribution is -2.45. The molecule has 1 aliphatic rings. The minimum Gasteiger partial charge on any atom is -0.478 e. The lowest BCUT2D eigenvalue weighted by atomic mass is 10.0. The van der Waals surface area contributed by atoms with E-state index in [0.717, 1.165) is 0 Å². The van der Waals surface area contributed by atoms with Crippen LogP contribution in [-0.4, -0.2) is 63.3 Å². The number of hydrogen-bond acceptors (Lipinski definition) is 5. The monoisotopic (exact) mass is 343 g/mol. The lowest BCUT2D eigenvalue weighted by Gasteiger charge is -2.30. The molecule has 0 aliphatic carbocycles. The number of methoxy groups -OCH3 is 1. The van der Waals surface area contributed by atoms with Crippen LogP contribution in [0.25, 0.3) is 0 Å². The normalized spacial score (nSPS) is 21.7. The van der Waals surface area contributed by atoms with Gasteiger partial charge in [-0.15, -0.1) is 0 Å². The van der Waals surface area contributed by atoms with Crippen molar-refractivity contribution in [3.63, 3.8) is 0 Å². The number of rotatable bonds is 6. The van der Waals surface area contributed by atoms with Gasteiger partial charge in [0.1, 0.15) is 5.60 Å². The van der Waals surface area contributed by atoms with Gasteiger partial charge in [0.05, 0.1) is 17.1 Å². The number of ether oxygens (including phenoxy) is 2. The molecule has 0 amide bonds. The van der Waals surface area contributed by atoms with Gasteiger partial charge in [-0.25, -0.2) is 13.2 Å². The Kier molecular flexibility index (Phi) is 5.10. The second-order valence-corrected chi connectivity index (χ2v) is 7.75. The smallest absolute Gasteiger partial charge is 0.335 e. The van der Waals surface area contributed by atoms with Crippen molar-refractivity contribution in [1.82, 2.24) is 4.31 Å². The molecule has 1 aromatic rings. The van der Waals surface area contributed by atoms with Crippen LogP contribution in [0.2, 0.25) is 0 Å². The molecule has 1 atom stereocenters. The molecule has 0 bridgehead atoms. The third-order valence-corrected chi connectivity index (χ3v) is 6.08. The molecule has 0 saturated carbocycles. The van der Waals surface area contributed by atoms with Crippen LogP contribution in [-0.2, 0) is 19.5 Å². The second-order valence-electron chi connectivity index (χ2n) is 5.74. The zero-order chi connectivity index (χ0) is 17.3. The predicted octanol–water partition coefficient (Wildman–Crippen LogP) is 1.12. The Labute approximate surface area is 135 Å². The van der Waals surface area contributed by atoms with Gasteiger partial charge >= 0.3 is 5.97 Å². The van der Waals surface area contributed by atoms with Crippen LogP contribution >= 0.6 is 0 Å². The molecular weight excluding hydrogens is 322 g/mol. The molecule has 128 valence electrons. The number of nitrogens with zero attached hydrogens (tertiary/aromatic N) is 1. The molecule has 0 aromatic heterocycles. The van der Waals surface area contributed by atoms with Gasteiger partial charge in [0.15, 0.2) is 0 Å². The summed E-state index contributed by atoms with van der Waals surface area (Å²) in [6.07, 6.45) is 0.625. The van der Waals surface area contributed by atoms with Crippen LogP contribution in [0.1, 0.15) is 22.3 Å².